The predicted octanol–water partition coefficient (Wildman–Crippen LogP) is 20.0. The third-order valence-electron chi connectivity index (χ3n) is 13.2. The smallest absolute Gasteiger partial charge is 0.0334 e. The minimum absolute atomic E-state index is 0.437. The van der Waals surface area contributed by atoms with E-state index < -0.39 is 0 Å². The molecule has 2 fully saturated rings. The maximum atomic E-state index is 2.39. The van der Waals surface area contributed by atoms with Crippen LogP contribution >= 0.6 is 0 Å². The van der Waals surface area contributed by atoms with E-state index in [1.807, 2.05) is 0 Å². The Morgan fingerprint density at radius 2 is 0.755 bits per heavy atom. The third-order valence-corrected chi connectivity index (χ3v) is 13.2. The first-order valence-corrected chi connectivity index (χ1v) is 23.1. The van der Waals surface area contributed by atoms with Crippen LogP contribution in [0.4, 0.5) is 0 Å². The molecule has 0 aromatic heterocycles. The van der Waals surface area contributed by atoms with E-state index in [-0.39, 0.29) is 0 Å². The topological polar surface area (TPSA) is 0 Å². The zero-order chi connectivity index (χ0) is 44.0. The minimum Gasteiger partial charge on any atom is -0.0654 e. The molecule has 0 amide bonds. The summed E-state index contributed by atoms with van der Waals surface area (Å²) < 4.78 is 0. The normalized spacial score (nSPS) is 16.8. The second-order valence-electron chi connectivity index (χ2n) is 25.7. The zero-order valence-electron chi connectivity index (χ0n) is 44.0. The van der Waals surface area contributed by atoms with Crippen molar-refractivity contribution >= 4 is 0 Å². The van der Waals surface area contributed by atoms with Gasteiger partial charge in [-0.15, -0.1) is 0 Å². The van der Waals surface area contributed by atoms with Gasteiger partial charge in [-0.05, 0) is 92.7 Å². The Balaban J connectivity index is -0.000000170. The maximum Gasteiger partial charge on any atom is -0.0334 e. The van der Waals surface area contributed by atoms with Crippen LogP contribution in [0.1, 0.15) is 272 Å². The maximum absolute atomic E-state index is 2.39. The number of hydrogen-bond donors (Lipinski definition) is 0. The van der Waals surface area contributed by atoms with Gasteiger partial charge in [0.2, 0.25) is 0 Å². The van der Waals surface area contributed by atoms with Crippen molar-refractivity contribution in [3.05, 3.63) is 0 Å². The van der Waals surface area contributed by atoms with E-state index in [9.17, 15) is 0 Å². The molecule has 2 unspecified atom stereocenters. The van der Waals surface area contributed by atoms with Gasteiger partial charge in [-0.2, -0.15) is 0 Å². The molecule has 2 aliphatic carbocycles. The van der Waals surface area contributed by atoms with Gasteiger partial charge < -0.3 is 0 Å². The van der Waals surface area contributed by atoms with Crippen molar-refractivity contribution in [1.82, 2.24) is 0 Å². The largest absolute Gasteiger partial charge is 0.0654 e. The highest BCUT2D eigenvalue weighted by Gasteiger charge is 2.34. The molecule has 0 saturated heterocycles. The van der Waals surface area contributed by atoms with Crippen LogP contribution in [0.2, 0.25) is 0 Å². The van der Waals surface area contributed by atoms with Crippen LogP contribution in [0.25, 0.3) is 0 Å². The predicted molar refractivity (Wildman–Crippen MR) is 254 cm³/mol. The molecule has 0 aliphatic heterocycles. The summed E-state index contributed by atoms with van der Waals surface area (Å²) in [6, 6.07) is 0. The summed E-state index contributed by atoms with van der Waals surface area (Å²) >= 11 is 0. The van der Waals surface area contributed by atoms with E-state index in [2.05, 4.69) is 208 Å². The van der Waals surface area contributed by atoms with Crippen LogP contribution in [0.5, 0.6) is 0 Å². The Labute approximate surface area is 344 Å². The molecule has 2 rings (SSSR count). The first-order chi connectivity index (χ1) is 23.1. The van der Waals surface area contributed by atoms with E-state index in [0.29, 0.717) is 37.9 Å². The van der Waals surface area contributed by atoms with Crippen molar-refractivity contribution < 1.29 is 0 Å². The molecular formula is C53H116. The van der Waals surface area contributed by atoms with Crippen LogP contribution in [-0.4, -0.2) is 0 Å². The monoisotopic (exact) mass is 753 g/mol. The summed E-state index contributed by atoms with van der Waals surface area (Å²) in [5, 5.41) is 0. The molecule has 0 aromatic rings. The first-order valence-electron chi connectivity index (χ1n) is 23.1. The molecule has 2 aliphatic rings. The molecule has 0 heterocycles. The average molecular weight is 754 g/mol. The van der Waals surface area contributed by atoms with Crippen molar-refractivity contribution in [2.24, 2.45) is 73.4 Å². The second kappa shape index (κ2) is 27.6. The van der Waals surface area contributed by atoms with Crippen LogP contribution in [0, 0.1) is 73.4 Å². The van der Waals surface area contributed by atoms with Gasteiger partial charge in [0, 0.05) is 0 Å². The van der Waals surface area contributed by atoms with Crippen LogP contribution in [-0.2, 0) is 0 Å². The summed E-state index contributed by atoms with van der Waals surface area (Å²) in [5.41, 5.74) is 3.52. The SMILES string of the molecule is CC(C)(C)C(C)(C)C.CC(C)C(C)(C)C.CC(C)C1CCCC1.CC(C1CC1)C(C)(C)C.CCC(C)(C)C.CCC(C)C(C)(C)C.CCCC(C)(C)C. The summed E-state index contributed by atoms with van der Waals surface area (Å²) in [6.45, 7) is 68.4. The molecule has 2 saturated carbocycles. The van der Waals surface area contributed by atoms with Crippen molar-refractivity contribution in [1.29, 1.82) is 0 Å². The summed E-state index contributed by atoms with van der Waals surface area (Å²) in [6.07, 6.45) is 14.2. The molecule has 0 spiro atoms. The molecule has 0 heteroatoms. The molecule has 53 heavy (non-hydrogen) atoms. The molecule has 0 bridgehead atoms. The Morgan fingerprint density at radius 1 is 0.434 bits per heavy atom. The average Bonchev–Trinajstić information content (AvgIpc) is 3.62. The van der Waals surface area contributed by atoms with Crippen LogP contribution in [0.3, 0.4) is 0 Å². The van der Waals surface area contributed by atoms with Crippen LogP contribution < -0.4 is 0 Å². The number of rotatable bonds is 4. The van der Waals surface area contributed by atoms with E-state index >= 15 is 0 Å². The fraction of sp³-hybridized carbons (Fsp3) is 1.00. The fourth-order valence-corrected chi connectivity index (χ4v) is 4.29. The van der Waals surface area contributed by atoms with Crippen molar-refractivity contribution in [3.63, 3.8) is 0 Å². The van der Waals surface area contributed by atoms with Gasteiger partial charge in [0.05, 0.1) is 0 Å². The molecule has 2 atom stereocenters. The molecule has 328 valence electrons. The standard InChI is InChI=1S/C9H18.C8H16.2C8H18.2C7H16.C6H14/c1-7(8-5-6-8)9(2,3)4;1-7(2)8-5-3-4-6-8;1-7(2,3)8(4,5)6;1-6-7(2)8(3,4)5;1-6(2)7(3,4)5;1-5-6-7(2,3)4;1-5-6(2,3)4/h7-8H,5-6H2,1-4H3;7-8H,3-6H2,1-2H3;1-6H3;7H,6H2,1-5H3;6H,1-5H3;5-6H2,1-4H3;5H2,1-4H3. The Kier molecular flexibility index (Phi) is 32.4. The fourth-order valence-electron chi connectivity index (χ4n) is 4.29. The summed E-state index contributed by atoms with van der Waals surface area (Å²) in [4.78, 5) is 0. The minimum atomic E-state index is 0.437. The lowest BCUT2D eigenvalue weighted by Gasteiger charge is -2.34. The summed E-state index contributed by atoms with van der Waals surface area (Å²) in [7, 11) is 0. The number of hydrogen-bond acceptors (Lipinski definition) is 0. The Hall–Kier alpha value is 0. The van der Waals surface area contributed by atoms with E-state index in [4.69, 9.17) is 0 Å². The lowest BCUT2D eigenvalue weighted by molar-refractivity contribution is 0.157. The van der Waals surface area contributed by atoms with Gasteiger partial charge >= 0.3 is 0 Å². The highest BCUT2D eigenvalue weighted by atomic mass is 14.4. The highest BCUT2D eigenvalue weighted by molar-refractivity contribution is 4.85. The van der Waals surface area contributed by atoms with Gasteiger partial charge in [-0.25, -0.2) is 0 Å². The van der Waals surface area contributed by atoms with E-state index in [1.165, 1.54) is 64.2 Å². The van der Waals surface area contributed by atoms with Crippen molar-refractivity contribution in [3.8, 4) is 0 Å². The van der Waals surface area contributed by atoms with Gasteiger partial charge in [-0.1, -0.05) is 253 Å². The third kappa shape index (κ3) is 44.6. The quantitative estimate of drug-likeness (QED) is 0.268. The molecule has 0 aromatic carbocycles. The van der Waals surface area contributed by atoms with Crippen LogP contribution in [0.15, 0.2) is 0 Å². The first kappa shape index (κ1) is 62.2. The van der Waals surface area contributed by atoms with E-state index in [1.54, 1.807) is 0 Å². The van der Waals surface area contributed by atoms with Gasteiger partial charge in [0.25, 0.3) is 0 Å². The lowest BCUT2D eigenvalue weighted by Crippen LogP contribution is -2.25. The highest BCUT2D eigenvalue weighted by Crippen LogP contribution is 2.45. The Bertz CT molecular complexity index is 766. The van der Waals surface area contributed by atoms with Crippen molar-refractivity contribution in [2.45, 2.75) is 272 Å². The zero-order valence-corrected chi connectivity index (χ0v) is 44.0. The molecule has 0 N–H and O–H groups in total. The van der Waals surface area contributed by atoms with Gasteiger partial charge in [-0.3, -0.25) is 0 Å². The Morgan fingerprint density at radius 3 is 0.811 bits per heavy atom. The molecular weight excluding hydrogens is 637 g/mol. The van der Waals surface area contributed by atoms with Gasteiger partial charge in [0.1, 0.15) is 0 Å². The lowest BCUT2D eigenvalue weighted by atomic mass is 9.71. The molecule has 0 nitrogen and oxygen atoms in total. The second-order valence-corrected chi connectivity index (χ2v) is 25.7. The molecule has 0 radical (unpaired) electrons. The van der Waals surface area contributed by atoms with Crippen molar-refractivity contribution in [2.75, 3.05) is 0 Å². The van der Waals surface area contributed by atoms with Gasteiger partial charge in [0.15, 0.2) is 0 Å². The van der Waals surface area contributed by atoms with E-state index in [0.717, 1.165) is 35.5 Å². The summed E-state index contributed by atoms with van der Waals surface area (Å²) in [5.74, 6) is 5.64.